The van der Waals surface area contributed by atoms with E-state index in [2.05, 4.69) is 10.1 Å². The van der Waals surface area contributed by atoms with E-state index in [1.54, 1.807) is 28.9 Å². The van der Waals surface area contributed by atoms with Crippen LogP contribution in [0.5, 0.6) is 0 Å². The molecule has 1 aromatic heterocycles. The Kier molecular flexibility index (Phi) is 4.68. The van der Waals surface area contributed by atoms with Crippen LogP contribution >= 0.6 is 0 Å². The standard InChI is InChI=1S/C21H20F2N4O/c1-3-28-21-19(24)18(13-4-6-14(22)7-5-13)17-12(2)26-27(20(17)25-21)16-10-8-15(23)9-11-16/h4-11,18-19H,3,24H2,1-2H3/t18-,19-/m0/s1. The number of rotatable bonds is 3. The molecule has 28 heavy (non-hydrogen) atoms. The number of nitrogens with zero attached hydrogens (tertiary/aromatic N) is 3. The van der Waals surface area contributed by atoms with Crippen molar-refractivity contribution in [3.63, 3.8) is 0 Å². The molecule has 2 heterocycles. The van der Waals surface area contributed by atoms with Crippen molar-refractivity contribution in [2.24, 2.45) is 10.7 Å². The fraction of sp³-hybridized carbons (Fsp3) is 0.238. The smallest absolute Gasteiger partial charge is 0.208 e. The molecule has 1 aliphatic rings. The van der Waals surface area contributed by atoms with Crippen LogP contribution in [-0.2, 0) is 4.74 Å². The van der Waals surface area contributed by atoms with Gasteiger partial charge in [0.2, 0.25) is 5.90 Å². The molecule has 0 saturated heterocycles. The normalized spacial score (nSPS) is 18.5. The van der Waals surface area contributed by atoms with Crippen LogP contribution in [-0.4, -0.2) is 28.3 Å². The van der Waals surface area contributed by atoms with Crippen LogP contribution in [0.4, 0.5) is 14.6 Å². The molecule has 0 unspecified atom stereocenters. The summed E-state index contributed by atoms with van der Waals surface area (Å²) in [6.45, 7) is 4.16. The molecule has 144 valence electrons. The first-order valence-electron chi connectivity index (χ1n) is 9.07. The maximum absolute atomic E-state index is 13.5. The SMILES string of the molecule is CCOC1=Nc2c(c(C)nn2-c2ccc(F)cc2)[C@H](c2ccc(F)cc2)[C@@H]1N. The van der Waals surface area contributed by atoms with Crippen molar-refractivity contribution >= 4 is 11.7 Å². The highest BCUT2D eigenvalue weighted by atomic mass is 19.1. The van der Waals surface area contributed by atoms with Gasteiger partial charge in [0, 0.05) is 11.5 Å². The minimum absolute atomic E-state index is 0.288. The van der Waals surface area contributed by atoms with Gasteiger partial charge in [0.05, 0.1) is 24.0 Å². The van der Waals surface area contributed by atoms with Crippen molar-refractivity contribution in [1.29, 1.82) is 0 Å². The van der Waals surface area contributed by atoms with Gasteiger partial charge >= 0.3 is 0 Å². The van der Waals surface area contributed by atoms with Gasteiger partial charge in [-0.05, 0) is 55.8 Å². The minimum Gasteiger partial charge on any atom is -0.480 e. The highest BCUT2D eigenvalue weighted by molar-refractivity contribution is 5.89. The predicted octanol–water partition coefficient (Wildman–Crippen LogP) is 4.00. The highest BCUT2D eigenvalue weighted by Gasteiger charge is 2.37. The van der Waals surface area contributed by atoms with Crippen LogP contribution in [0.1, 0.15) is 29.7 Å². The second-order valence-electron chi connectivity index (χ2n) is 6.65. The summed E-state index contributed by atoms with van der Waals surface area (Å²) in [7, 11) is 0. The number of benzene rings is 2. The quantitative estimate of drug-likeness (QED) is 0.745. The Bertz CT molecular complexity index is 1030. The fourth-order valence-electron chi connectivity index (χ4n) is 3.58. The molecule has 0 fully saturated rings. The average Bonchev–Trinajstić information content (AvgIpc) is 3.00. The maximum atomic E-state index is 13.5. The third kappa shape index (κ3) is 3.07. The first-order valence-corrected chi connectivity index (χ1v) is 9.07. The summed E-state index contributed by atoms with van der Waals surface area (Å²) in [5.41, 5.74) is 9.63. The molecule has 1 aliphatic heterocycles. The zero-order valence-corrected chi connectivity index (χ0v) is 15.6. The lowest BCUT2D eigenvalue weighted by Crippen LogP contribution is -2.41. The number of aliphatic imine (C=N–C) groups is 1. The molecule has 0 saturated carbocycles. The van der Waals surface area contributed by atoms with Crippen LogP contribution in [0, 0.1) is 18.6 Å². The molecule has 0 bridgehead atoms. The molecule has 0 spiro atoms. The van der Waals surface area contributed by atoms with E-state index in [1.807, 2.05) is 13.8 Å². The van der Waals surface area contributed by atoms with Crippen molar-refractivity contribution in [3.8, 4) is 5.69 Å². The zero-order chi connectivity index (χ0) is 19.8. The number of hydrogen-bond donors (Lipinski definition) is 1. The van der Waals surface area contributed by atoms with E-state index >= 15 is 0 Å². The van der Waals surface area contributed by atoms with Gasteiger partial charge in [-0.1, -0.05) is 12.1 Å². The molecular formula is C21H20F2N4O. The van der Waals surface area contributed by atoms with E-state index in [4.69, 9.17) is 10.5 Å². The third-order valence-corrected chi connectivity index (χ3v) is 4.85. The topological polar surface area (TPSA) is 65.4 Å². The van der Waals surface area contributed by atoms with E-state index in [0.29, 0.717) is 24.0 Å². The largest absolute Gasteiger partial charge is 0.480 e. The summed E-state index contributed by atoms with van der Waals surface area (Å²) < 4.78 is 34.2. The van der Waals surface area contributed by atoms with Gasteiger partial charge in [-0.2, -0.15) is 10.1 Å². The predicted molar refractivity (Wildman–Crippen MR) is 103 cm³/mol. The van der Waals surface area contributed by atoms with E-state index in [1.165, 1.54) is 24.3 Å². The number of fused-ring (bicyclic) bond motifs is 1. The molecule has 3 aromatic rings. The van der Waals surface area contributed by atoms with Gasteiger partial charge in [-0.25, -0.2) is 13.5 Å². The van der Waals surface area contributed by atoms with Gasteiger partial charge in [0.1, 0.15) is 11.6 Å². The second kappa shape index (κ2) is 7.16. The van der Waals surface area contributed by atoms with E-state index in [9.17, 15) is 8.78 Å². The van der Waals surface area contributed by atoms with Crippen LogP contribution in [0.2, 0.25) is 0 Å². The number of aromatic nitrogens is 2. The van der Waals surface area contributed by atoms with Gasteiger partial charge in [-0.15, -0.1) is 0 Å². The van der Waals surface area contributed by atoms with Crippen molar-refractivity contribution in [2.75, 3.05) is 6.61 Å². The highest BCUT2D eigenvalue weighted by Crippen LogP contribution is 2.41. The zero-order valence-electron chi connectivity index (χ0n) is 15.6. The average molecular weight is 382 g/mol. The molecule has 0 aliphatic carbocycles. The van der Waals surface area contributed by atoms with Gasteiger partial charge in [0.25, 0.3) is 0 Å². The molecule has 7 heteroatoms. The van der Waals surface area contributed by atoms with Crippen LogP contribution < -0.4 is 5.73 Å². The fourth-order valence-corrected chi connectivity index (χ4v) is 3.58. The molecule has 4 rings (SSSR count). The first-order chi connectivity index (χ1) is 13.5. The lowest BCUT2D eigenvalue weighted by Gasteiger charge is -2.29. The summed E-state index contributed by atoms with van der Waals surface area (Å²) in [4.78, 5) is 4.63. The molecule has 2 aromatic carbocycles. The molecule has 2 N–H and O–H groups in total. The van der Waals surface area contributed by atoms with Gasteiger partial charge < -0.3 is 10.5 Å². The molecule has 2 atom stereocenters. The Hall–Kier alpha value is -3.06. The van der Waals surface area contributed by atoms with Crippen LogP contribution in [0.25, 0.3) is 5.69 Å². The Balaban J connectivity index is 1.92. The van der Waals surface area contributed by atoms with E-state index < -0.39 is 6.04 Å². The van der Waals surface area contributed by atoms with E-state index in [0.717, 1.165) is 16.8 Å². The lowest BCUT2D eigenvalue weighted by molar-refractivity contribution is 0.306. The maximum Gasteiger partial charge on any atom is 0.208 e. The van der Waals surface area contributed by atoms with Crippen molar-refractivity contribution in [1.82, 2.24) is 9.78 Å². The van der Waals surface area contributed by atoms with Crippen molar-refractivity contribution in [2.45, 2.75) is 25.8 Å². The number of ether oxygens (including phenoxy) is 1. The van der Waals surface area contributed by atoms with Gasteiger partial charge in [-0.3, -0.25) is 0 Å². The number of halogens is 2. The second-order valence-corrected chi connectivity index (χ2v) is 6.65. The first kappa shape index (κ1) is 18.3. The Morgan fingerprint density at radius 1 is 1.04 bits per heavy atom. The lowest BCUT2D eigenvalue weighted by atomic mass is 9.83. The number of nitrogens with two attached hydrogens (primary N) is 1. The summed E-state index contributed by atoms with van der Waals surface area (Å²) in [5, 5.41) is 4.62. The van der Waals surface area contributed by atoms with Crippen LogP contribution in [0.15, 0.2) is 53.5 Å². The molecule has 0 amide bonds. The summed E-state index contributed by atoms with van der Waals surface area (Å²) in [6.07, 6.45) is 0. The monoisotopic (exact) mass is 382 g/mol. The van der Waals surface area contributed by atoms with Gasteiger partial charge in [0.15, 0.2) is 5.82 Å². The summed E-state index contributed by atoms with van der Waals surface area (Å²) in [6, 6.07) is 11.7. The van der Waals surface area contributed by atoms with Crippen molar-refractivity contribution in [3.05, 3.63) is 77.0 Å². The minimum atomic E-state index is -0.525. The number of aryl methyl sites for hydroxylation is 1. The number of hydrogen-bond acceptors (Lipinski definition) is 4. The van der Waals surface area contributed by atoms with Crippen molar-refractivity contribution < 1.29 is 13.5 Å². The molecule has 5 nitrogen and oxygen atoms in total. The third-order valence-electron chi connectivity index (χ3n) is 4.85. The molecular weight excluding hydrogens is 362 g/mol. The Morgan fingerprint density at radius 2 is 1.64 bits per heavy atom. The Labute approximate surface area is 161 Å². The van der Waals surface area contributed by atoms with E-state index in [-0.39, 0.29) is 17.6 Å². The molecule has 0 radical (unpaired) electrons. The van der Waals surface area contributed by atoms with Crippen LogP contribution in [0.3, 0.4) is 0 Å². The Morgan fingerprint density at radius 3 is 2.25 bits per heavy atom. The summed E-state index contributed by atoms with van der Waals surface area (Å²) >= 11 is 0. The summed E-state index contributed by atoms with van der Waals surface area (Å²) in [5.74, 6) is 0.0528.